The topological polar surface area (TPSA) is 77.8 Å². The maximum atomic E-state index is 13.1. The summed E-state index contributed by atoms with van der Waals surface area (Å²) in [5, 5.41) is 3.56. The molecule has 27 heavy (non-hydrogen) atoms. The van der Waals surface area contributed by atoms with Crippen molar-refractivity contribution in [2.45, 2.75) is 13.0 Å². The highest BCUT2D eigenvalue weighted by molar-refractivity contribution is 6.31. The zero-order valence-corrected chi connectivity index (χ0v) is 15.4. The molecule has 1 aliphatic rings. The lowest BCUT2D eigenvalue weighted by Crippen LogP contribution is -2.22. The van der Waals surface area contributed by atoms with E-state index in [0.717, 1.165) is 0 Å². The van der Waals surface area contributed by atoms with Gasteiger partial charge in [0.25, 0.3) is 5.91 Å². The average molecular weight is 386 g/mol. The average Bonchev–Trinajstić information content (AvgIpc) is 3.00. The van der Waals surface area contributed by atoms with Gasteiger partial charge in [-0.05, 0) is 42.8 Å². The second kappa shape index (κ2) is 6.63. The highest BCUT2D eigenvalue weighted by atomic mass is 35.5. The smallest absolute Gasteiger partial charge is 0.288 e. The molecule has 2 aromatic carbocycles. The number of hydrogen-bond acceptors (Lipinski definition) is 5. The summed E-state index contributed by atoms with van der Waals surface area (Å²) in [7, 11) is 1.53. The third-order valence-electron chi connectivity index (χ3n) is 4.48. The van der Waals surface area contributed by atoms with Gasteiger partial charge >= 0.3 is 0 Å². The van der Waals surface area contributed by atoms with Crippen LogP contribution in [-0.2, 0) is 0 Å². The Morgan fingerprint density at radius 1 is 1.15 bits per heavy atom. The summed E-state index contributed by atoms with van der Waals surface area (Å²) in [6, 6.07) is 9.38. The summed E-state index contributed by atoms with van der Waals surface area (Å²) in [4.78, 5) is 25.5. The Morgan fingerprint density at radius 2 is 1.96 bits per heavy atom. The molecule has 1 amide bonds. The van der Waals surface area contributed by atoms with Gasteiger partial charge in [-0.3, -0.25) is 9.59 Å². The number of nitrogens with one attached hydrogen (secondary N) is 1. The van der Waals surface area contributed by atoms with Crippen molar-refractivity contribution in [2.75, 3.05) is 13.7 Å². The molecule has 3 aromatic rings. The van der Waals surface area contributed by atoms with Gasteiger partial charge in [0.15, 0.2) is 16.9 Å². The van der Waals surface area contributed by atoms with Crippen LogP contribution in [0.25, 0.3) is 11.0 Å². The number of ether oxygens (including phenoxy) is 2. The molecule has 6 nitrogen and oxygen atoms in total. The summed E-state index contributed by atoms with van der Waals surface area (Å²) in [6.07, 6.45) is 0. The van der Waals surface area contributed by atoms with Gasteiger partial charge in [0.2, 0.25) is 5.76 Å². The standard InChI is InChI=1S/C20H16ClNO5/c1-3-26-14-6-4-10(8-15(14)25-2)17-16-18(23)12-9-11(21)5-7-13(12)27-19(16)20(24)22-17/h4-9,17H,3H2,1-2H3,(H,22,24). The van der Waals surface area contributed by atoms with Crippen molar-refractivity contribution >= 4 is 28.5 Å². The fraction of sp³-hybridized carbons (Fsp3) is 0.200. The van der Waals surface area contributed by atoms with E-state index in [1.54, 1.807) is 36.4 Å². The molecule has 1 N–H and O–H groups in total. The molecule has 0 saturated heterocycles. The molecule has 0 bridgehead atoms. The first-order valence-corrected chi connectivity index (χ1v) is 8.79. The first-order valence-electron chi connectivity index (χ1n) is 8.41. The Balaban J connectivity index is 1.89. The molecule has 138 valence electrons. The zero-order chi connectivity index (χ0) is 19.1. The molecule has 1 unspecified atom stereocenters. The third kappa shape index (κ3) is 2.82. The Hall–Kier alpha value is -2.99. The molecule has 1 aromatic heterocycles. The number of amides is 1. The minimum Gasteiger partial charge on any atom is -0.493 e. The van der Waals surface area contributed by atoms with Crippen molar-refractivity contribution in [1.82, 2.24) is 5.32 Å². The van der Waals surface area contributed by atoms with E-state index in [1.165, 1.54) is 7.11 Å². The van der Waals surface area contributed by atoms with E-state index in [4.69, 9.17) is 25.5 Å². The number of hydrogen-bond donors (Lipinski definition) is 1. The highest BCUT2D eigenvalue weighted by Crippen LogP contribution is 2.36. The predicted molar refractivity (Wildman–Crippen MR) is 101 cm³/mol. The maximum absolute atomic E-state index is 13.1. The maximum Gasteiger partial charge on any atom is 0.288 e. The Morgan fingerprint density at radius 3 is 2.70 bits per heavy atom. The number of carbonyl (C=O) groups excluding carboxylic acids is 1. The van der Waals surface area contributed by atoms with Crippen molar-refractivity contribution in [3.05, 3.63) is 68.5 Å². The SMILES string of the molecule is CCOc1ccc(C2NC(=O)c3oc4ccc(Cl)cc4c(=O)c32)cc1OC. The summed E-state index contributed by atoms with van der Waals surface area (Å²) in [6.45, 7) is 2.37. The van der Waals surface area contributed by atoms with E-state index in [1.807, 2.05) is 6.92 Å². The Bertz CT molecular complexity index is 1120. The number of carbonyl (C=O) groups is 1. The van der Waals surface area contributed by atoms with E-state index < -0.39 is 11.9 Å². The molecule has 4 rings (SSSR count). The van der Waals surface area contributed by atoms with E-state index in [0.29, 0.717) is 39.7 Å². The zero-order valence-electron chi connectivity index (χ0n) is 14.7. The van der Waals surface area contributed by atoms with Crippen LogP contribution >= 0.6 is 11.6 Å². The van der Waals surface area contributed by atoms with Crippen molar-refractivity contribution in [1.29, 1.82) is 0 Å². The van der Waals surface area contributed by atoms with Gasteiger partial charge < -0.3 is 19.2 Å². The Kier molecular flexibility index (Phi) is 4.28. The van der Waals surface area contributed by atoms with Gasteiger partial charge in [-0.1, -0.05) is 17.7 Å². The van der Waals surface area contributed by atoms with E-state index >= 15 is 0 Å². The molecule has 0 radical (unpaired) electrons. The van der Waals surface area contributed by atoms with Gasteiger partial charge in [-0.2, -0.15) is 0 Å². The lowest BCUT2D eigenvalue weighted by atomic mass is 9.99. The van der Waals surface area contributed by atoms with Crippen LogP contribution in [0.2, 0.25) is 5.02 Å². The lowest BCUT2D eigenvalue weighted by Gasteiger charge is -2.15. The van der Waals surface area contributed by atoms with Crippen LogP contribution in [0.5, 0.6) is 11.5 Å². The number of rotatable bonds is 4. The molecule has 1 atom stereocenters. The normalized spacial score (nSPS) is 15.5. The van der Waals surface area contributed by atoms with Crippen LogP contribution in [0.15, 0.2) is 45.6 Å². The van der Waals surface area contributed by atoms with Crippen LogP contribution in [-0.4, -0.2) is 19.6 Å². The van der Waals surface area contributed by atoms with Gasteiger partial charge in [0, 0.05) is 5.02 Å². The largest absolute Gasteiger partial charge is 0.493 e. The number of fused-ring (bicyclic) bond motifs is 2. The molecule has 0 spiro atoms. The lowest BCUT2D eigenvalue weighted by molar-refractivity contribution is 0.0938. The predicted octanol–water partition coefficient (Wildman–Crippen LogP) is 3.69. The molecule has 2 heterocycles. The minimum absolute atomic E-state index is 0.0210. The highest BCUT2D eigenvalue weighted by Gasteiger charge is 2.36. The molecular weight excluding hydrogens is 370 g/mol. The van der Waals surface area contributed by atoms with E-state index in [9.17, 15) is 9.59 Å². The van der Waals surface area contributed by atoms with Crippen LogP contribution in [0, 0.1) is 0 Å². The second-order valence-electron chi connectivity index (χ2n) is 6.06. The molecule has 0 saturated carbocycles. The summed E-state index contributed by atoms with van der Waals surface area (Å²) in [5.41, 5.74) is 0.991. The fourth-order valence-corrected chi connectivity index (χ4v) is 3.44. The molecular formula is C20H16ClNO5. The van der Waals surface area contributed by atoms with Gasteiger partial charge in [0.1, 0.15) is 5.58 Å². The fourth-order valence-electron chi connectivity index (χ4n) is 3.27. The van der Waals surface area contributed by atoms with Gasteiger partial charge in [0.05, 0.1) is 30.7 Å². The van der Waals surface area contributed by atoms with Crippen LogP contribution < -0.4 is 20.2 Å². The third-order valence-corrected chi connectivity index (χ3v) is 4.71. The van der Waals surface area contributed by atoms with Crippen LogP contribution in [0.1, 0.15) is 34.6 Å². The number of benzene rings is 2. The summed E-state index contributed by atoms with van der Waals surface area (Å²) >= 11 is 6.02. The van der Waals surface area contributed by atoms with Crippen molar-refractivity contribution in [3.8, 4) is 11.5 Å². The van der Waals surface area contributed by atoms with Crippen LogP contribution in [0.3, 0.4) is 0 Å². The summed E-state index contributed by atoms with van der Waals surface area (Å²) in [5.74, 6) is 0.695. The first kappa shape index (κ1) is 17.4. The molecule has 7 heteroatoms. The molecule has 1 aliphatic heterocycles. The molecule has 0 fully saturated rings. The Labute approximate surface area is 159 Å². The van der Waals surface area contributed by atoms with Crippen molar-refractivity contribution in [2.24, 2.45) is 0 Å². The number of methoxy groups -OCH3 is 1. The van der Waals surface area contributed by atoms with E-state index in [-0.39, 0.29) is 16.8 Å². The monoisotopic (exact) mass is 385 g/mol. The first-order chi connectivity index (χ1) is 13.0. The van der Waals surface area contributed by atoms with Gasteiger partial charge in [-0.15, -0.1) is 0 Å². The van der Waals surface area contributed by atoms with Crippen molar-refractivity contribution in [3.63, 3.8) is 0 Å². The summed E-state index contributed by atoms with van der Waals surface area (Å²) < 4.78 is 16.6. The quantitative estimate of drug-likeness (QED) is 0.741. The van der Waals surface area contributed by atoms with Crippen LogP contribution in [0.4, 0.5) is 0 Å². The van der Waals surface area contributed by atoms with E-state index in [2.05, 4.69) is 5.32 Å². The minimum atomic E-state index is -0.642. The molecule has 0 aliphatic carbocycles. The number of halogens is 1. The van der Waals surface area contributed by atoms with Gasteiger partial charge in [-0.25, -0.2) is 0 Å². The second-order valence-corrected chi connectivity index (χ2v) is 6.50. The van der Waals surface area contributed by atoms with Crippen molar-refractivity contribution < 1.29 is 18.7 Å².